The van der Waals surface area contributed by atoms with Crippen LogP contribution in [-0.4, -0.2) is 39.2 Å². The minimum atomic E-state index is -3.62. The van der Waals surface area contributed by atoms with Crippen molar-refractivity contribution in [2.75, 3.05) is 20.1 Å². The number of alkyl halides is 1. The molecule has 0 radical (unpaired) electrons. The molecule has 0 aliphatic carbocycles. The molecule has 1 aliphatic heterocycles. The van der Waals surface area contributed by atoms with Gasteiger partial charge in [0.25, 0.3) is 0 Å². The third-order valence-corrected chi connectivity index (χ3v) is 5.56. The van der Waals surface area contributed by atoms with Gasteiger partial charge in [-0.15, -0.1) is 11.6 Å². The molecule has 0 aromatic heterocycles. The molecule has 6 nitrogen and oxygen atoms in total. The van der Waals surface area contributed by atoms with E-state index in [0.29, 0.717) is 17.1 Å². The zero-order valence-electron chi connectivity index (χ0n) is 12.6. The Bertz CT molecular complexity index is 688. The third-order valence-electron chi connectivity index (χ3n) is 3.37. The van der Waals surface area contributed by atoms with E-state index in [9.17, 15) is 8.42 Å². The lowest BCUT2D eigenvalue weighted by Crippen LogP contribution is -2.28. The van der Waals surface area contributed by atoms with Crippen molar-refractivity contribution in [3.05, 3.63) is 23.8 Å². The minimum absolute atomic E-state index is 0.000484. The number of rotatable bonds is 5. The lowest BCUT2D eigenvalue weighted by atomic mass is 10.1. The maximum Gasteiger partial charge on any atom is 0.199 e. The Labute approximate surface area is 134 Å². The second kappa shape index (κ2) is 6.34. The molecule has 1 heterocycles. The van der Waals surface area contributed by atoms with Gasteiger partial charge < -0.3 is 14.3 Å². The van der Waals surface area contributed by atoms with Crippen LogP contribution in [0, 0.1) is 0 Å². The van der Waals surface area contributed by atoms with Gasteiger partial charge in [0.1, 0.15) is 11.5 Å². The van der Waals surface area contributed by atoms with E-state index in [1.807, 2.05) is 0 Å². The van der Waals surface area contributed by atoms with E-state index in [4.69, 9.17) is 25.9 Å². The second-order valence-corrected chi connectivity index (χ2v) is 7.53. The van der Waals surface area contributed by atoms with Crippen LogP contribution in [0.15, 0.2) is 23.4 Å². The van der Waals surface area contributed by atoms with Crippen LogP contribution in [0.2, 0.25) is 0 Å². The van der Waals surface area contributed by atoms with Crippen molar-refractivity contribution in [1.29, 1.82) is 0 Å². The molecule has 8 heteroatoms. The largest absolute Gasteiger partial charge is 0.497 e. The Morgan fingerprint density at radius 2 is 2.09 bits per heavy atom. The van der Waals surface area contributed by atoms with E-state index in [2.05, 4.69) is 5.16 Å². The first-order valence-electron chi connectivity index (χ1n) is 6.58. The number of hydrogen-bond donors (Lipinski definition) is 0. The monoisotopic (exact) mass is 347 g/mol. The lowest BCUT2D eigenvalue weighted by molar-refractivity contribution is 0.0152. The van der Waals surface area contributed by atoms with Gasteiger partial charge in [0.15, 0.2) is 20.5 Å². The van der Waals surface area contributed by atoms with Crippen LogP contribution in [0.5, 0.6) is 11.5 Å². The molecular formula is C14H18ClNO5S. The first-order valence-corrected chi connectivity index (χ1v) is 8.77. The maximum absolute atomic E-state index is 12.5. The van der Waals surface area contributed by atoms with Crippen molar-refractivity contribution in [3.8, 4) is 11.5 Å². The highest BCUT2D eigenvalue weighted by atomic mass is 35.5. The minimum Gasteiger partial charge on any atom is -0.497 e. The van der Waals surface area contributed by atoms with Crippen molar-refractivity contribution >= 4 is 26.5 Å². The number of benzene rings is 1. The molecule has 0 bridgehead atoms. The molecule has 22 heavy (non-hydrogen) atoms. The van der Waals surface area contributed by atoms with E-state index >= 15 is 0 Å². The molecule has 1 aliphatic rings. The Balaban J connectivity index is 2.26. The second-order valence-electron chi connectivity index (χ2n) is 5.27. The number of oxime groups is 1. The highest BCUT2D eigenvalue weighted by Gasteiger charge is 2.39. The van der Waals surface area contributed by atoms with Crippen molar-refractivity contribution in [2.24, 2.45) is 5.16 Å². The van der Waals surface area contributed by atoms with Crippen LogP contribution in [0.1, 0.15) is 18.9 Å². The predicted octanol–water partition coefficient (Wildman–Crippen LogP) is 2.35. The summed E-state index contributed by atoms with van der Waals surface area (Å²) < 4.78 is 35.4. The van der Waals surface area contributed by atoms with Crippen LogP contribution in [0.4, 0.5) is 0 Å². The van der Waals surface area contributed by atoms with Gasteiger partial charge in [-0.25, -0.2) is 8.42 Å². The van der Waals surface area contributed by atoms with Crippen molar-refractivity contribution in [3.63, 3.8) is 0 Å². The standard InChI is InChI=1S/C14H18ClNO5S/c1-14(9-15)7-13(16-21-14)22(17,18)8-10-6-11(19-2)4-5-12(10)20-3/h4-6H,7-9H2,1-3H3. The normalized spacial score (nSPS) is 21.2. The number of sulfone groups is 1. The molecule has 0 N–H and O–H groups in total. The van der Waals surface area contributed by atoms with E-state index in [1.165, 1.54) is 14.2 Å². The predicted molar refractivity (Wildman–Crippen MR) is 84.4 cm³/mol. The lowest BCUT2D eigenvalue weighted by Gasteiger charge is -2.16. The Morgan fingerprint density at radius 1 is 1.36 bits per heavy atom. The molecule has 1 unspecified atom stereocenters. The number of ether oxygens (including phenoxy) is 2. The molecule has 1 aromatic rings. The Kier molecular flexibility index (Phi) is 4.87. The smallest absolute Gasteiger partial charge is 0.199 e. The average Bonchev–Trinajstić information content (AvgIpc) is 2.91. The van der Waals surface area contributed by atoms with Gasteiger partial charge in [0.05, 0.1) is 25.9 Å². The summed E-state index contributed by atoms with van der Waals surface area (Å²) in [6, 6.07) is 5.00. The molecule has 0 saturated carbocycles. The molecule has 1 aromatic carbocycles. The Morgan fingerprint density at radius 3 is 2.64 bits per heavy atom. The van der Waals surface area contributed by atoms with Gasteiger partial charge in [0, 0.05) is 12.0 Å². The fourth-order valence-electron chi connectivity index (χ4n) is 2.07. The maximum atomic E-state index is 12.5. The molecule has 0 amide bonds. The van der Waals surface area contributed by atoms with Gasteiger partial charge in [-0.2, -0.15) is 0 Å². The number of nitrogens with zero attached hydrogens (tertiary/aromatic N) is 1. The van der Waals surface area contributed by atoms with Crippen LogP contribution in [0.25, 0.3) is 0 Å². The highest BCUT2D eigenvalue weighted by molar-refractivity contribution is 8.05. The van der Waals surface area contributed by atoms with Crippen LogP contribution < -0.4 is 9.47 Å². The zero-order valence-corrected chi connectivity index (χ0v) is 14.2. The fraction of sp³-hybridized carbons (Fsp3) is 0.500. The van der Waals surface area contributed by atoms with Crippen LogP contribution >= 0.6 is 11.6 Å². The van der Waals surface area contributed by atoms with Crippen molar-refractivity contribution in [2.45, 2.75) is 24.7 Å². The zero-order chi connectivity index (χ0) is 16.4. The summed E-state index contributed by atoms with van der Waals surface area (Å²) in [6.07, 6.45) is 0.158. The first-order chi connectivity index (χ1) is 10.3. The molecule has 1 atom stereocenters. The highest BCUT2D eigenvalue weighted by Crippen LogP contribution is 2.30. The van der Waals surface area contributed by atoms with Gasteiger partial charge in [0.2, 0.25) is 0 Å². The van der Waals surface area contributed by atoms with E-state index in [0.717, 1.165) is 0 Å². The quantitative estimate of drug-likeness (QED) is 0.764. The average molecular weight is 348 g/mol. The topological polar surface area (TPSA) is 74.2 Å². The summed E-state index contributed by atoms with van der Waals surface area (Å²) in [5.41, 5.74) is -0.272. The summed E-state index contributed by atoms with van der Waals surface area (Å²) in [7, 11) is -0.621. The first kappa shape index (κ1) is 16.9. The fourth-order valence-corrected chi connectivity index (χ4v) is 3.69. The number of methoxy groups -OCH3 is 2. The summed E-state index contributed by atoms with van der Waals surface area (Å²) in [6.45, 7) is 1.72. The molecule has 2 rings (SSSR count). The van der Waals surface area contributed by atoms with Crippen LogP contribution in [-0.2, 0) is 20.4 Å². The number of hydrogen-bond acceptors (Lipinski definition) is 6. The molecule has 0 fully saturated rings. The Hall–Kier alpha value is -1.47. The summed E-state index contributed by atoms with van der Waals surface area (Å²) in [5.74, 6) is 0.955. The molecular weight excluding hydrogens is 330 g/mol. The van der Waals surface area contributed by atoms with E-state index < -0.39 is 15.4 Å². The van der Waals surface area contributed by atoms with Gasteiger partial charge in [-0.05, 0) is 25.1 Å². The number of halogens is 1. The summed E-state index contributed by atoms with van der Waals surface area (Å²) in [4.78, 5) is 5.15. The summed E-state index contributed by atoms with van der Waals surface area (Å²) in [5, 5.41) is 3.70. The van der Waals surface area contributed by atoms with Crippen molar-refractivity contribution in [1.82, 2.24) is 0 Å². The summed E-state index contributed by atoms with van der Waals surface area (Å²) >= 11 is 5.78. The molecule has 0 saturated heterocycles. The van der Waals surface area contributed by atoms with Gasteiger partial charge in [-0.1, -0.05) is 5.16 Å². The van der Waals surface area contributed by atoms with Gasteiger partial charge in [-0.3, -0.25) is 0 Å². The third kappa shape index (κ3) is 3.47. The molecule has 122 valence electrons. The van der Waals surface area contributed by atoms with Crippen molar-refractivity contribution < 1.29 is 22.7 Å². The SMILES string of the molecule is COc1ccc(OC)c(CS(=O)(=O)C2=NOC(C)(CCl)C2)c1. The van der Waals surface area contributed by atoms with Gasteiger partial charge >= 0.3 is 0 Å². The molecule has 0 spiro atoms. The van der Waals surface area contributed by atoms with E-state index in [-0.39, 0.29) is 23.1 Å². The van der Waals surface area contributed by atoms with E-state index in [1.54, 1.807) is 25.1 Å². The van der Waals surface area contributed by atoms with Crippen LogP contribution in [0.3, 0.4) is 0 Å².